The third kappa shape index (κ3) is 5.13. The summed E-state index contributed by atoms with van der Waals surface area (Å²) in [7, 11) is 2.85. The Morgan fingerprint density at radius 2 is 1.65 bits per heavy atom. The molecule has 1 unspecified atom stereocenters. The summed E-state index contributed by atoms with van der Waals surface area (Å²) < 4.78 is 50.3. The van der Waals surface area contributed by atoms with E-state index in [0.29, 0.717) is 17.1 Å². The van der Waals surface area contributed by atoms with Gasteiger partial charge in [-0.1, -0.05) is 35.9 Å². The number of hydrogen-bond donors (Lipinski definition) is 1. The summed E-state index contributed by atoms with van der Waals surface area (Å²) in [6, 6.07) is 14.3. The molecule has 3 aromatic carbocycles. The minimum atomic E-state index is -4.58. The van der Waals surface area contributed by atoms with E-state index < -0.39 is 35.2 Å². The van der Waals surface area contributed by atoms with Crippen molar-refractivity contribution < 1.29 is 37.3 Å². The van der Waals surface area contributed by atoms with Crippen LogP contribution in [0.15, 0.2) is 72.3 Å². The van der Waals surface area contributed by atoms with Crippen LogP contribution in [-0.2, 0) is 22.3 Å². The molecule has 1 atom stereocenters. The van der Waals surface area contributed by atoms with E-state index in [-0.39, 0.29) is 28.3 Å². The molecule has 0 aliphatic carbocycles. The Labute approximate surface area is 215 Å². The molecule has 0 spiro atoms. The van der Waals surface area contributed by atoms with Gasteiger partial charge in [-0.05, 0) is 53.6 Å². The van der Waals surface area contributed by atoms with Crippen molar-refractivity contribution in [3.05, 3.63) is 99.6 Å². The fourth-order valence-corrected chi connectivity index (χ4v) is 4.41. The first kappa shape index (κ1) is 26.1. The maximum absolute atomic E-state index is 13.3. The fraction of sp³-hybridized carbons (Fsp3) is 0.185. The van der Waals surface area contributed by atoms with Crippen LogP contribution in [0.1, 0.15) is 28.3 Å². The molecule has 1 saturated heterocycles. The highest BCUT2D eigenvalue weighted by atomic mass is 35.5. The average Bonchev–Trinajstić information content (AvgIpc) is 3.13. The Bertz CT molecular complexity index is 1400. The highest BCUT2D eigenvalue weighted by molar-refractivity contribution is 6.47. The van der Waals surface area contributed by atoms with Crippen LogP contribution < -0.4 is 9.47 Å². The second kappa shape index (κ2) is 10.2. The number of rotatable bonds is 6. The zero-order valence-corrected chi connectivity index (χ0v) is 20.4. The number of carbonyl (C=O) groups excluding carboxylic acids is 2. The molecule has 1 fully saturated rings. The highest BCUT2D eigenvalue weighted by Gasteiger charge is 2.46. The third-order valence-corrected chi connectivity index (χ3v) is 6.31. The van der Waals surface area contributed by atoms with Crippen LogP contribution in [0.5, 0.6) is 11.5 Å². The van der Waals surface area contributed by atoms with Crippen LogP contribution >= 0.6 is 11.6 Å². The third-order valence-electron chi connectivity index (χ3n) is 5.99. The lowest BCUT2D eigenvalue weighted by atomic mass is 9.94. The summed E-state index contributed by atoms with van der Waals surface area (Å²) >= 11 is 6.29. The second-order valence-electron chi connectivity index (χ2n) is 8.25. The maximum Gasteiger partial charge on any atom is 0.416 e. The first-order valence-corrected chi connectivity index (χ1v) is 11.4. The second-order valence-corrected chi connectivity index (χ2v) is 8.65. The van der Waals surface area contributed by atoms with Gasteiger partial charge in [0, 0.05) is 12.1 Å². The van der Waals surface area contributed by atoms with E-state index in [1.54, 1.807) is 30.3 Å². The number of alkyl halides is 3. The molecule has 6 nitrogen and oxygen atoms in total. The van der Waals surface area contributed by atoms with Gasteiger partial charge in [0.2, 0.25) is 0 Å². The smallest absolute Gasteiger partial charge is 0.416 e. The van der Waals surface area contributed by atoms with Gasteiger partial charge in [-0.25, -0.2) is 0 Å². The Balaban J connectivity index is 1.89. The van der Waals surface area contributed by atoms with Gasteiger partial charge in [0.25, 0.3) is 11.7 Å². The number of hydrogen-bond acceptors (Lipinski definition) is 5. The molecule has 10 heteroatoms. The number of methoxy groups -OCH3 is 2. The summed E-state index contributed by atoms with van der Waals surface area (Å²) in [5.41, 5.74) is -0.524. The maximum atomic E-state index is 13.3. The van der Waals surface area contributed by atoms with Crippen molar-refractivity contribution in [2.45, 2.75) is 18.8 Å². The van der Waals surface area contributed by atoms with E-state index in [9.17, 15) is 27.9 Å². The molecule has 1 amide bonds. The number of halogens is 4. The van der Waals surface area contributed by atoms with Crippen molar-refractivity contribution in [1.29, 1.82) is 0 Å². The van der Waals surface area contributed by atoms with Crippen molar-refractivity contribution in [3.8, 4) is 11.5 Å². The van der Waals surface area contributed by atoms with Crippen molar-refractivity contribution in [2.75, 3.05) is 14.2 Å². The van der Waals surface area contributed by atoms with E-state index in [1.165, 1.54) is 38.5 Å². The number of ether oxygens (including phenoxy) is 2. The first-order valence-electron chi connectivity index (χ1n) is 11.0. The SMILES string of the molecule is COc1cccc(C2/C(=C(\O)c3cc(OC)ccc3Cl)C(=O)C(=O)N2Cc2cccc(C(F)(F)F)c2)c1. The predicted molar refractivity (Wildman–Crippen MR) is 130 cm³/mol. The van der Waals surface area contributed by atoms with E-state index in [1.807, 2.05) is 0 Å². The van der Waals surface area contributed by atoms with E-state index in [0.717, 1.165) is 17.0 Å². The van der Waals surface area contributed by atoms with Gasteiger partial charge in [-0.3, -0.25) is 9.59 Å². The standard InChI is InChI=1S/C27H21ClF3NO5/c1-36-18-8-4-6-16(12-18)23-22(24(33)20-13-19(37-2)9-10-21(20)28)25(34)26(35)32(23)14-15-5-3-7-17(11-15)27(29,30)31/h3-13,23,33H,14H2,1-2H3/b24-22+. The molecule has 0 aromatic heterocycles. The number of carbonyl (C=O) groups is 2. The molecule has 37 heavy (non-hydrogen) atoms. The summed E-state index contributed by atoms with van der Waals surface area (Å²) in [5, 5.41) is 11.4. The number of likely N-dealkylation sites (tertiary alicyclic amines) is 1. The van der Waals surface area contributed by atoms with Gasteiger partial charge in [0.05, 0.1) is 36.4 Å². The van der Waals surface area contributed by atoms with Gasteiger partial charge < -0.3 is 19.5 Å². The number of nitrogens with zero attached hydrogens (tertiary/aromatic N) is 1. The first-order chi connectivity index (χ1) is 17.5. The van der Waals surface area contributed by atoms with E-state index >= 15 is 0 Å². The van der Waals surface area contributed by atoms with Crippen LogP contribution in [0.4, 0.5) is 13.2 Å². The summed E-state index contributed by atoms with van der Waals surface area (Å²) in [6.45, 7) is -0.320. The summed E-state index contributed by atoms with van der Waals surface area (Å²) in [6.07, 6.45) is -4.58. The largest absolute Gasteiger partial charge is 0.507 e. The van der Waals surface area contributed by atoms with Gasteiger partial charge in [-0.15, -0.1) is 0 Å². The van der Waals surface area contributed by atoms with Crippen molar-refractivity contribution in [1.82, 2.24) is 4.90 Å². The molecule has 4 rings (SSSR count). The molecule has 3 aromatic rings. The average molecular weight is 532 g/mol. The normalized spacial score (nSPS) is 17.2. The molecular weight excluding hydrogens is 511 g/mol. The Morgan fingerprint density at radius 1 is 0.973 bits per heavy atom. The van der Waals surface area contributed by atoms with Crippen LogP contribution in [-0.4, -0.2) is 35.9 Å². The topological polar surface area (TPSA) is 76.1 Å². The number of aliphatic hydroxyl groups is 1. The van der Waals surface area contributed by atoms with Gasteiger partial charge >= 0.3 is 6.18 Å². The predicted octanol–water partition coefficient (Wildman–Crippen LogP) is 6.00. The Morgan fingerprint density at radius 3 is 2.32 bits per heavy atom. The molecule has 192 valence electrons. The monoisotopic (exact) mass is 531 g/mol. The number of aliphatic hydroxyl groups excluding tert-OH is 1. The molecule has 0 bridgehead atoms. The molecule has 1 aliphatic heterocycles. The Hall–Kier alpha value is -3.98. The molecule has 0 radical (unpaired) electrons. The molecular formula is C27H21ClF3NO5. The zero-order valence-electron chi connectivity index (χ0n) is 19.7. The number of ketones is 1. The van der Waals surface area contributed by atoms with Crippen molar-refractivity contribution >= 4 is 29.1 Å². The van der Waals surface area contributed by atoms with Gasteiger partial charge in [0.1, 0.15) is 17.3 Å². The quantitative estimate of drug-likeness (QED) is 0.240. The van der Waals surface area contributed by atoms with Gasteiger partial charge in [0.15, 0.2) is 0 Å². The summed E-state index contributed by atoms with van der Waals surface area (Å²) in [4.78, 5) is 27.6. The minimum Gasteiger partial charge on any atom is -0.507 e. The lowest BCUT2D eigenvalue weighted by molar-refractivity contribution is -0.140. The minimum absolute atomic E-state index is 0.0611. The highest BCUT2D eigenvalue weighted by Crippen LogP contribution is 2.42. The van der Waals surface area contributed by atoms with Crippen molar-refractivity contribution in [3.63, 3.8) is 0 Å². The van der Waals surface area contributed by atoms with Crippen LogP contribution in [0, 0.1) is 0 Å². The molecule has 0 saturated carbocycles. The van der Waals surface area contributed by atoms with Crippen LogP contribution in [0.2, 0.25) is 5.02 Å². The zero-order chi connectivity index (χ0) is 26.9. The van der Waals surface area contributed by atoms with Crippen LogP contribution in [0.3, 0.4) is 0 Å². The Kier molecular flexibility index (Phi) is 7.18. The lowest BCUT2D eigenvalue weighted by Gasteiger charge is -2.26. The summed E-state index contributed by atoms with van der Waals surface area (Å²) in [5.74, 6) is -1.76. The fourth-order valence-electron chi connectivity index (χ4n) is 4.20. The number of amides is 1. The van der Waals surface area contributed by atoms with Crippen LogP contribution in [0.25, 0.3) is 5.76 Å². The van der Waals surface area contributed by atoms with E-state index in [4.69, 9.17) is 21.1 Å². The number of benzene rings is 3. The molecule has 1 aliphatic rings. The molecule has 1 heterocycles. The molecule has 1 N–H and O–H groups in total. The van der Waals surface area contributed by atoms with Gasteiger partial charge in [-0.2, -0.15) is 13.2 Å². The lowest BCUT2D eigenvalue weighted by Crippen LogP contribution is -2.29. The number of Topliss-reactive ketones (excluding diaryl/α,β-unsaturated/α-hetero) is 1. The van der Waals surface area contributed by atoms with Crippen molar-refractivity contribution in [2.24, 2.45) is 0 Å². The van der Waals surface area contributed by atoms with E-state index in [2.05, 4.69) is 0 Å².